The van der Waals surface area contributed by atoms with E-state index in [9.17, 15) is 9.59 Å². The average molecular weight is 339 g/mol. The summed E-state index contributed by atoms with van der Waals surface area (Å²) < 4.78 is 10.0. The zero-order valence-corrected chi connectivity index (χ0v) is 13.5. The first-order chi connectivity index (χ1) is 10.7. The molecule has 2 aromatic rings. The molecule has 3 N–H and O–H groups in total. The number of halogens is 1. The Hall–Kier alpha value is -2.31. The second-order valence-electron chi connectivity index (χ2n) is 4.61. The Bertz CT molecular complexity index is 691. The van der Waals surface area contributed by atoms with Gasteiger partial charge in [-0.15, -0.1) is 12.4 Å². The quantitative estimate of drug-likeness (QED) is 0.787. The standard InChI is InChI=1S/C16H18N2O4.ClH/c1-21-16(20)10-22-14-7-6-13(18-15(19)8-9-17)11-4-2-3-5-12(11)14;/h2-7H,8-10,17H2,1H3,(H,18,19);1H. The second kappa shape index (κ2) is 8.97. The molecule has 0 saturated carbocycles. The third kappa shape index (κ3) is 4.84. The van der Waals surface area contributed by atoms with Crippen LogP contribution in [0.15, 0.2) is 36.4 Å². The molecular weight excluding hydrogens is 320 g/mol. The molecule has 0 aliphatic heterocycles. The fourth-order valence-corrected chi connectivity index (χ4v) is 2.05. The van der Waals surface area contributed by atoms with Crippen molar-refractivity contribution in [2.45, 2.75) is 6.42 Å². The van der Waals surface area contributed by atoms with E-state index >= 15 is 0 Å². The van der Waals surface area contributed by atoms with Gasteiger partial charge < -0.3 is 20.5 Å². The number of nitrogens with one attached hydrogen (secondary N) is 1. The molecule has 0 atom stereocenters. The maximum absolute atomic E-state index is 11.7. The van der Waals surface area contributed by atoms with Crippen molar-refractivity contribution in [3.05, 3.63) is 36.4 Å². The largest absolute Gasteiger partial charge is 0.481 e. The zero-order chi connectivity index (χ0) is 15.9. The number of carbonyl (C=O) groups is 2. The summed E-state index contributed by atoms with van der Waals surface area (Å²) in [4.78, 5) is 22.9. The Morgan fingerprint density at radius 3 is 2.48 bits per heavy atom. The smallest absolute Gasteiger partial charge is 0.343 e. The lowest BCUT2D eigenvalue weighted by molar-refractivity contribution is -0.142. The van der Waals surface area contributed by atoms with Gasteiger partial charge in [0.2, 0.25) is 5.91 Å². The third-order valence-electron chi connectivity index (χ3n) is 3.10. The van der Waals surface area contributed by atoms with Crippen LogP contribution in [0.5, 0.6) is 5.75 Å². The molecule has 0 radical (unpaired) electrons. The first-order valence-electron chi connectivity index (χ1n) is 6.87. The number of hydrogen-bond acceptors (Lipinski definition) is 5. The molecule has 2 aromatic carbocycles. The van der Waals surface area contributed by atoms with Crippen LogP contribution in [0, 0.1) is 0 Å². The van der Waals surface area contributed by atoms with E-state index in [2.05, 4.69) is 10.1 Å². The highest BCUT2D eigenvalue weighted by molar-refractivity contribution is 6.04. The maximum atomic E-state index is 11.7. The minimum absolute atomic E-state index is 0. The lowest BCUT2D eigenvalue weighted by Gasteiger charge is -2.12. The van der Waals surface area contributed by atoms with Crippen LogP contribution in [0.3, 0.4) is 0 Å². The van der Waals surface area contributed by atoms with Crippen LogP contribution in [0.4, 0.5) is 5.69 Å². The number of rotatable bonds is 6. The number of fused-ring (bicyclic) bond motifs is 1. The number of esters is 1. The van der Waals surface area contributed by atoms with Crippen molar-refractivity contribution < 1.29 is 19.1 Å². The summed E-state index contributed by atoms with van der Waals surface area (Å²) in [6.45, 7) is 0.128. The van der Waals surface area contributed by atoms with E-state index in [0.29, 0.717) is 18.0 Å². The van der Waals surface area contributed by atoms with Gasteiger partial charge in [0.15, 0.2) is 6.61 Å². The summed E-state index contributed by atoms with van der Waals surface area (Å²) in [6, 6.07) is 10.9. The summed E-state index contributed by atoms with van der Waals surface area (Å²) in [6.07, 6.45) is 0.259. The third-order valence-corrected chi connectivity index (χ3v) is 3.10. The maximum Gasteiger partial charge on any atom is 0.343 e. The normalized spacial score (nSPS) is 9.83. The molecule has 0 aliphatic carbocycles. The van der Waals surface area contributed by atoms with E-state index in [1.54, 1.807) is 12.1 Å². The van der Waals surface area contributed by atoms with Gasteiger partial charge in [-0.25, -0.2) is 4.79 Å². The van der Waals surface area contributed by atoms with Gasteiger partial charge in [0.25, 0.3) is 0 Å². The summed E-state index contributed by atoms with van der Waals surface area (Å²) >= 11 is 0. The molecule has 124 valence electrons. The Kier molecular flexibility index (Phi) is 7.31. The Morgan fingerprint density at radius 2 is 1.83 bits per heavy atom. The molecule has 23 heavy (non-hydrogen) atoms. The monoisotopic (exact) mass is 338 g/mol. The second-order valence-corrected chi connectivity index (χ2v) is 4.61. The van der Waals surface area contributed by atoms with Gasteiger partial charge in [0.1, 0.15) is 5.75 Å². The van der Waals surface area contributed by atoms with Crippen LogP contribution >= 0.6 is 12.4 Å². The van der Waals surface area contributed by atoms with Gasteiger partial charge in [0.05, 0.1) is 7.11 Å². The van der Waals surface area contributed by atoms with Crippen LogP contribution in [-0.2, 0) is 14.3 Å². The van der Waals surface area contributed by atoms with E-state index in [1.165, 1.54) is 7.11 Å². The summed E-state index contributed by atoms with van der Waals surface area (Å²) in [5.74, 6) is -0.0434. The Labute approximate surface area is 140 Å². The van der Waals surface area contributed by atoms with Crippen molar-refractivity contribution in [2.75, 3.05) is 25.6 Å². The predicted molar refractivity (Wildman–Crippen MR) is 91.0 cm³/mol. The molecule has 0 aliphatic rings. The topological polar surface area (TPSA) is 90.6 Å². The molecule has 1 amide bonds. The van der Waals surface area contributed by atoms with Gasteiger partial charge in [0, 0.05) is 29.4 Å². The molecule has 0 spiro atoms. The van der Waals surface area contributed by atoms with E-state index < -0.39 is 5.97 Å². The molecule has 2 rings (SSSR count). The number of methoxy groups -OCH3 is 1. The Balaban J connectivity index is 0.00000264. The number of hydrogen-bond donors (Lipinski definition) is 2. The average Bonchev–Trinajstić information content (AvgIpc) is 2.54. The number of ether oxygens (including phenoxy) is 2. The van der Waals surface area contributed by atoms with Crippen molar-refractivity contribution >= 4 is 40.7 Å². The highest BCUT2D eigenvalue weighted by Crippen LogP contribution is 2.31. The zero-order valence-electron chi connectivity index (χ0n) is 12.7. The minimum atomic E-state index is -0.454. The summed E-state index contributed by atoms with van der Waals surface area (Å²) in [5.41, 5.74) is 6.06. The number of carbonyl (C=O) groups excluding carboxylic acids is 2. The predicted octanol–water partition coefficient (Wildman–Crippen LogP) is 2.10. The van der Waals surface area contributed by atoms with Crippen LogP contribution < -0.4 is 15.8 Å². The van der Waals surface area contributed by atoms with E-state index in [-0.39, 0.29) is 31.3 Å². The van der Waals surface area contributed by atoms with E-state index in [0.717, 1.165) is 10.8 Å². The number of amides is 1. The first kappa shape index (κ1) is 18.7. The molecular formula is C16H19ClN2O4. The van der Waals surface area contributed by atoms with Gasteiger partial charge >= 0.3 is 5.97 Å². The van der Waals surface area contributed by atoms with Crippen molar-refractivity contribution in [2.24, 2.45) is 5.73 Å². The number of benzene rings is 2. The molecule has 0 heterocycles. The van der Waals surface area contributed by atoms with E-state index in [4.69, 9.17) is 10.5 Å². The molecule has 0 fully saturated rings. The molecule has 0 unspecified atom stereocenters. The van der Waals surface area contributed by atoms with Crippen LogP contribution in [-0.4, -0.2) is 32.1 Å². The Morgan fingerprint density at radius 1 is 1.13 bits per heavy atom. The van der Waals surface area contributed by atoms with Crippen molar-refractivity contribution in [3.8, 4) is 5.75 Å². The lowest BCUT2D eigenvalue weighted by atomic mass is 10.1. The SMILES string of the molecule is COC(=O)COc1ccc(NC(=O)CCN)c2ccccc12.Cl. The lowest BCUT2D eigenvalue weighted by Crippen LogP contribution is -2.16. The van der Waals surface area contributed by atoms with Crippen LogP contribution in [0.25, 0.3) is 10.8 Å². The van der Waals surface area contributed by atoms with Crippen molar-refractivity contribution in [1.82, 2.24) is 0 Å². The van der Waals surface area contributed by atoms with Crippen LogP contribution in [0.1, 0.15) is 6.42 Å². The molecule has 6 nitrogen and oxygen atoms in total. The van der Waals surface area contributed by atoms with Gasteiger partial charge in [-0.3, -0.25) is 4.79 Å². The number of nitrogens with two attached hydrogens (primary N) is 1. The highest BCUT2D eigenvalue weighted by Gasteiger charge is 2.10. The molecule has 7 heteroatoms. The van der Waals surface area contributed by atoms with Gasteiger partial charge in [-0.2, -0.15) is 0 Å². The molecule has 0 saturated heterocycles. The van der Waals surface area contributed by atoms with Crippen molar-refractivity contribution in [1.29, 1.82) is 0 Å². The van der Waals surface area contributed by atoms with Crippen molar-refractivity contribution in [3.63, 3.8) is 0 Å². The van der Waals surface area contributed by atoms with Gasteiger partial charge in [-0.1, -0.05) is 24.3 Å². The fourth-order valence-electron chi connectivity index (χ4n) is 2.05. The molecule has 0 bridgehead atoms. The summed E-state index contributed by atoms with van der Waals surface area (Å²) in [7, 11) is 1.31. The van der Waals surface area contributed by atoms with E-state index in [1.807, 2.05) is 24.3 Å². The minimum Gasteiger partial charge on any atom is -0.481 e. The first-order valence-corrected chi connectivity index (χ1v) is 6.87. The highest BCUT2D eigenvalue weighted by atomic mass is 35.5. The van der Waals surface area contributed by atoms with Crippen LogP contribution in [0.2, 0.25) is 0 Å². The fraction of sp³-hybridized carbons (Fsp3) is 0.250. The molecule has 0 aromatic heterocycles. The number of anilines is 1. The van der Waals surface area contributed by atoms with Gasteiger partial charge in [-0.05, 0) is 12.1 Å². The summed E-state index contributed by atoms with van der Waals surface area (Å²) in [5, 5.41) is 4.45.